The largest absolute Gasteiger partial charge is 0.497 e. The van der Waals surface area contributed by atoms with Gasteiger partial charge in [-0.25, -0.2) is 8.42 Å². The summed E-state index contributed by atoms with van der Waals surface area (Å²) in [6.45, 7) is 4.56. The molecule has 0 spiro atoms. The Morgan fingerprint density at radius 1 is 1.03 bits per heavy atom. The molecule has 1 N–H and O–H groups in total. The Bertz CT molecular complexity index is 1150. The summed E-state index contributed by atoms with van der Waals surface area (Å²) in [4.78, 5) is 4.37. The Balaban J connectivity index is 1.78. The fourth-order valence-electron chi connectivity index (χ4n) is 3.00. The topological polar surface area (TPSA) is 99.9 Å². The van der Waals surface area contributed by atoms with Crippen LogP contribution in [0.1, 0.15) is 13.8 Å². The summed E-state index contributed by atoms with van der Waals surface area (Å²) in [6, 6.07) is 11.5. The molecular formula is C21H22N2O6S. The van der Waals surface area contributed by atoms with Gasteiger partial charge in [-0.15, -0.1) is 0 Å². The Labute approximate surface area is 174 Å². The molecule has 30 heavy (non-hydrogen) atoms. The lowest BCUT2D eigenvalue weighted by molar-refractivity contribution is 0.171. The third kappa shape index (κ3) is 3.80. The van der Waals surface area contributed by atoms with Crippen LogP contribution >= 0.6 is 0 Å². The molecule has 1 aromatic heterocycles. The number of ether oxygens (including phenoxy) is 3. The summed E-state index contributed by atoms with van der Waals surface area (Å²) in [5, 5.41) is 2.85. The van der Waals surface area contributed by atoms with Crippen LogP contribution in [0.3, 0.4) is 0 Å². The lowest BCUT2D eigenvalue weighted by atomic mass is 10.2. The third-order valence-corrected chi connectivity index (χ3v) is 6.09. The number of sulfone groups is 1. The van der Waals surface area contributed by atoms with Gasteiger partial charge in [0.1, 0.15) is 19.0 Å². The number of aromatic nitrogens is 1. The van der Waals surface area contributed by atoms with E-state index in [0.717, 1.165) is 0 Å². The van der Waals surface area contributed by atoms with Gasteiger partial charge < -0.3 is 23.9 Å². The van der Waals surface area contributed by atoms with Gasteiger partial charge in [0.25, 0.3) is 0 Å². The maximum Gasteiger partial charge on any atom is 0.234 e. The summed E-state index contributed by atoms with van der Waals surface area (Å²) < 4.78 is 48.7. The van der Waals surface area contributed by atoms with Gasteiger partial charge >= 0.3 is 0 Å². The number of nitrogens with one attached hydrogen (secondary N) is 1. The average molecular weight is 430 g/mol. The molecule has 0 saturated heterocycles. The first kappa shape index (κ1) is 20.1. The highest BCUT2D eigenvalue weighted by atomic mass is 32.2. The number of hydrogen-bond donors (Lipinski definition) is 1. The van der Waals surface area contributed by atoms with Crippen LogP contribution in [0.4, 0.5) is 5.88 Å². The minimum absolute atomic E-state index is 0.0492. The predicted octanol–water partition coefficient (Wildman–Crippen LogP) is 3.77. The third-order valence-electron chi connectivity index (χ3n) is 4.43. The van der Waals surface area contributed by atoms with E-state index in [9.17, 15) is 8.42 Å². The quantitative estimate of drug-likeness (QED) is 0.631. The summed E-state index contributed by atoms with van der Waals surface area (Å²) in [5.41, 5.74) is 0.631. The lowest BCUT2D eigenvalue weighted by Crippen LogP contribution is -2.16. The van der Waals surface area contributed by atoms with Crippen molar-refractivity contribution in [3.63, 3.8) is 0 Å². The van der Waals surface area contributed by atoms with E-state index >= 15 is 0 Å². The minimum Gasteiger partial charge on any atom is -0.497 e. The van der Waals surface area contributed by atoms with Crippen LogP contribution in [0.15, 0.2) is 56.8 Å². The Kier molecular flexibility index (Phi) is 5.29. The maximum atomic E-state index is 13.4. The Hall–Kier alpha value is -3.20. The lowest BCUT2D eigenvalue weighted by Gasteiger charge is -2.18. The van der Waals surface area contributed by atoms with Crippen LogP contribution < -0.4 is 19.5 Å². The van der Waals surface area contributed by atoms with Crippen molar-refractivity contribution in [2.45, 2.75) is 29.8 Å². The van der Waals surface area contributed by atoms with Crippen LogP contribution in [0.2, 0.25) is 0 Å². The van der Waals surface area contributed by atoms with Gasteiger partial charge in [-0.05, 0) is 50.2 Å². The van der Waals surface area contributed by atoms with Gasteiger partial charge in [0.2, 0.25) is 26.6 Å². The fourth-order valence-corrected chi connectivity index (χ4v) is 4.28. The number of methoxy groups -OCH3 is 1. The Morgan fingerprint density at radius 3 is 2.40 bits per heavy atom. The molecule has 0 amide bonds. The molecular weight excluding hydrogens is 408 g/mol. The predicted molar refractivity (Wildman–Crippen MR) is 110 cm³/mol. The van der Waals surface area contributed by atoms with Crippen molar-refractivity contribution in [3.05, 3.63) is 42.5 Å². The molecule has 0 saturated carbocycles. The van der Waals surface area contributed by atoms with Crippen molar-refractivity contribution in [1.29, 1.82) is 0 Å². The highest BCUT2D eigenvalue weighted by Gasteiger charge is 2.30. The van der Waals surface area contributed by atoms with Gasteiger partial charge in [0.05, 0.1) is 12.0 Å². The summed E-state index contributed by atoms with van der Waals surface area (Å²) in [7, 11) is -2.40. The first-order valence-electron chi connectivity index (χ1n) is 9.45. The van der Waals surface area contributed by atoms with Crippen molar-refractivity contribution >= 4 is 15.7 Å². The number of rotatable bonds is 6. The number of oxazole rings is 1. The highest BCUT2D eigenvalue weighted by molar-refractivity contribution is 7.91. The number of hydrogen-bond acceptors (Lipinski definition) is 8. The normalized spacial score (nSPS) is 13.3. The van der Waals surface area contributed by atoms with E-state index in [2.05, 4.69) is 10.3 Å². The molecule has 0 bridgehead atoms. The number of fused-ring (bicyclic) bond motifs is 1. The molecule has 4 rings (SSSR count). The van der Waals surface area contributed by atoms with Crippen molar-refractivity contribution in [1.82, 2.24) is 4.98 Å². The molecule has 0 fully saturated rings. The second-order valence-electron chi connectivity index (χ2n) is 6.99. The zero-order valence-electron chi connectivity index (χ0n) is 16.8. The smallest absolute Gasteiger partial charge is 0.234 e. The molecule has 9 heteroatoms. The summed E-state index contributed by atoms with van der Waals surface area (Å²) in [5.74, 6) is 1.86. The van der Waals surface area contributed by atoms with Gasteiger partial charge in [-0.3, -0.25) is 0 Å². The van der Waals surface area contributed by atoms with Gasteiger partial charge in [0.15, 0.2) is 11.5 Å². The van der Waals surface area contributed by atoms with Crippen LogP contribution in [-0.2, 0) is 9.84 Å². The van der Waals surface area contributed by atoms with E-state index in [4.69, 9.17) is 18.6 Å². The summed E-state index contributed by atoms with van der Waals surface area (Å²) >= 11 is 0. The second-order valence-corrected chi connectivity index (χ2v) is 8.85. The first-order chi connectivity index (χ1) is 14.4. The van der Waals surface area contributed by atoms with Crippen molar-refractivity contribution in [2.75, 3.05) is 25.6 Å². The fraction of sp³-hybridized carbons (Fsp3) is 0.286. The van der Waals surface area contributed by atoms with Crippen LogP contribution in [0.5, 0.6) is 17.2 Å². The zero-order chi connectivity index (χ0) is 21.3. The average Bonchev–Trinajstić information content (AvgIpc) is 3.17. The molecule has 2 aromatic carbocycles. The van der Waals surface area contributed by atoms with Crippen molar-refractivity contribution in [2.24, 2.45) is 0 Å². The zero-order valence-corrected chi connectivity index (χ0v) is 17.7. The first-order valence-corrected chi connectivity index (χ1v) is 10.9. The standard InChI is InChI=1S/C21H22N2O6S/c1-13(2)22-20-21(23-19(29-20)14-4-6-15(26-3)7-5-14)30(24,25)16-8-9-17-18(12-16)28-11-10-27-17/h4-9,12-13,22H,10-11H2,1-3H3. The molecule has 3 aromatic rings. The number of benzene rings is 2. The highest BCUT2D eigenvalue weighted by Crippen LogP contribution is 2.37. The van der Waals surface area contributed by atoms with E-state index in [0.29, 0.717) is 36.0 Å². The van der Waals surface area contributed by atoms with E-state index in [1.807, 2.05) is 13.8 Å². The van der Waals surface area contributed by atoms with Gasteiger partial charge in [-0.2, -0.15) is 4.98 Å². The van der Waals surface area contributed by atoms with Crippen LogP contribution in [0, 0.1) is 0 Å². The minimum atomic E-state index is -3.98. The molecule has 1 aliphatic rings. The SMILES string of the molecule is COc1ccc(-c2nc(S(=O)(=O)c3ccc4c(c3)OCCO4)c(NC(C)C)o2)cc1. The monoisotopic (exact) mass is 430 g/mol. The number of anilines is 1. The second kappa shape index (κ2) is 7.91. The molecule has 8 nitrogen and oxygen atoms in total. The molecule has 0 radical (unpaired) electrons. The summed E-state index contributed by atoms with van der Waals surface area (Å²) in [6.07, 6.45) is 0. The molecule has 0 atom stereocenters. The molecule has 0 unspecified atom stereocenters. The number of nitrogens with zero attached hydrogens (tertiary/aromatic N) is 1. The van der Waals surface area contributed by atoms with Crippen molar-refractivity contribution < 1.29 is 27.0 Å². The molecule has 0 aliphatic carbocycles. The van der Waals surface area contributed by atoms with Crippen LogP contribution in [0.25, 0.3) is 11.5 Å². The van der Waals surface area contributed by atoms with E-state index in [-0.39, 0.29) is 27.7 Å². The van der Waals surface area contributed by atoms with Crippen molar-refractivity contribution in [3.8, 4) is 28.7 Å². The van der Waals surface area contributed by atoms with Gasteiger partial charge in [0, 0.05) is 17.7 Å². The Morgan fingerprint density at radius 2 is 1.73 bits per heavy atom. The maximum absolute atomic E-state index is 13.4. The van der Waals surface area contributed by atoms with E-state index < -0.39 is 9.84 Å². The van der Waals surface area contributed by atoms with Gasteiger partial charge in [-0.1, -0.05) is 0 Å². The molecule has 1 aliphatic heterocycles. The van der Waals surface area contributed by atoms with Crippen LogP contribution in [-0.4, -0.2) is 39.8 Å². The van der Waals surface area contributed by atoms with E-state index in [1.54, 1.807) is 37.4 Å². The molecule has 2 heterocycles. The van der Waals surface area contributed by atoms with E-state index in [1.165, 1.54) is 12.1 Å². The molecule has 158 valence electrons.